The number of carboxylic acid groups (broad SMARTS) is 1. The lowest BCUT2D eigenvalue weighted by Crippen LogP contribution is -2.63. The van der Waals surface area contributed by atoms with E-state index in [0.717, 1.165) is 0 Å². The number of rotatable bonds is 10. The summed E-state index contributed by atoms with van der Waals surface area (Å²) in [5.41, 5.74) is 0. The van der Waals surface area contributed by atoms with Crippen molar-refractivity contribution in [3.63, 3.8) is 0 Å². The number of aliphatic hydroxyl groups excluding tert-OH is 2. The molecule has 0 aliphatic carbocycles. The summed E-state index contributed by atoms with van der Waals surface area (Å²) in [6.45, 7) is -2.91. The highest BCUT2D eigenvalue weighted by Crippen LogP contribution is 2.30. The molecule has 7 N–H and O–H groups in total. The molecule has 7 atom stereocenters. The minimum atomic E-state index is -5.28. The topological polar surface area (TPSA) is 284 Å². The van der Waals surface area contributed by atoms with Gasteiger partial charge < -0.3 is 20.1 Å². The minimum Gasteiger partial charge on any atom is -0.481 e. The normalized spacial score (nSPS) is 34.1. The van der Waals surface area contributed by atoms with Gasteiger partial charge in [-0.25, -0.2) is 8.37 Å². The van der Waals surface area contributed by atoms with Gasteiger partial charge >= 0.3 is 37.1 Å². The number of nitrogens with one attached hydrogen (secondary N) is 1. The van der Waals surface area contributed by atoms with E-state index in [1.54, 1.807) is 4.72 Å². The van der Waals surface area contributed by atoms with Gasteiger partial charge in [0.15, 0.2) is 0 Å². The summed E-state index contributed by atoms with van der Waals surface area (Å²) in [7, 11) is -15.3. The van der Waals surface area contributed by atoms with Crippen molar-refractivity contribution < 1.29 is 72.1 Å². The number of nitrogens with zero attached hydrogens (tertiary/aromatic N) is 1. The third kappa shape index (κ3) is 8.85. The molecule has 0 spiro atoms. The smallest absolute Gasteiger partial charge is 0.397 e. The van der Waals surface area contributed by atoms with Crippen LogP contribution < -0.4 is 4.72 Å². The highest BCUT2D eigenvalue weighted by atomic mass is 32.3. The fourth-order valence-electron chi connectivity index (χ4n) is 3.85. The van der Waals surface area contributed by atoms with Crippen LogP contribution in [0.4, 0.5) is 0 Å². The predicted octanol–water partition coefficient (Wildman–Crippen LogP) is -4.49. The highest BCUT2D eigenvalue weighted by Gasteiger charge is 2.48. The van der Waals surface area contributed by atoms with Crippen LogP contribution in [-0.4, -0.2) is 128 Å². The number of hydrogen-bond acceptors (Lipinski definition) is 13. The summed E-state index contributed by atoms with van der Waals surface area (Å²) in [5.74, 6) is -4.40. The van der Waals surface area contributed by atoms with Crippen molar-refractivity contribution in [1.82, 2.24) is 9.62 Å². The first-order valence-electron chi connectivity index (χ1n) is 9.31. The van der Waals surface area contributed by atoms with Gasteiger partial charge in [0, 0.05) is 25.6 Å². The van der Waals surface area contributed by atoms with E-state index >= 15 is 0 Å². The van der Waals surface area contributed by atoms with E-state index in [2.05, 4.69) is 8.37 Å². The Kier molecular flexibility index (Phi) is 9.34. The Morgan fingerprint density at radius 2 is 1.65 bits per heavy atom. The molecule has 18 nitrogen and oxygen atoms in total. The summed E-state index contributed by atoms with van der Waals surface area (Å²) in [4.78, 5) is 12.6. The molecule has 2 fully saturated rings. The largest absolute Gasteiger partial charge is 0.481 e. The number of aliphatic hydroxyl groups is 2. The molecule has 21 heteroatoms. The van der Waals surface area contributed by atoms with E-state index in [4.69, 9.17) is 13.8 Å². The molecule has 2 aliphatic rings. The molecule has 2 rings (SSSR count). The van der Waals surface area contributed by atoms with E-state index in [9.17, 15) is 49.9 Å². The first kappa shape index (κ1) is 29.2. The SMILES string of the molecule is O=C(O)C1CN(C[C@H]2C(COS(=O)(=O)O)OCC(NS(=O)(=O)O)[C@H]2OS(=O)(=O)O)C[C@@H](O)[C@H]1O. The lowest BCUT2D eigenvalue weighted by molar-refractivity contribution is -0.160. The summed E-state index contributed by atoms with van der Waals surface area (Å²) < 4.78 is 110. The maximum absolute atomic E-state index is 11.4. The molecule has 2 aliphatic heterocycles. The van der Waals surface area contributed by atoms with E-state index in [0.29, 0.717) is 0 Å². The quantitative estimate of drug-likeness (QED) is 0.124. The Labute approximate surface area is 194 Å². The molecule has 3 unspecified atom stereocenters. The fraction of sp³-hybridized carbons (Fsp3) is 0.923. The number of hydrogen-bond donors (Lipinski definition) is 7. The van der Waals surface area contributed by atoms with Crippen molar-refractivity contribution in [2.45, 2.75) is 30.5 Å². The van der Waals surface area contributed by atoms with E-state index < -0.39 is 106 Å². The maximum Gasteiger partial charge on any atom is 0.397 e. The zero-order valence-electron chi connectivity index (χ0n) is 17.0. The summed E-state index contributed by atoms with van der Waals surface area (Å²) in [6, 6.07) is -1.67. The summed E-state index contributed by atoms with van der Waals surface area (Å²) >= 11 is 0. The molecule has 34 heavy (non-hydrogen) atoms. The molecule has 0 aromatic carbocycles. The van der Waals surface area contributed by atoms with Crippen LogP contribution >= 0.6 is 0 Å². The number of ether oxygens (including phenoxy) is 1. The molecule has 0 aromatic rings. The Balaban J connectivity index is 2.41. The van der Waals surface area contributed by atoms with Gasteiger partial charge in [-0.3, -0.25) is 23.4 Å². The second-order valence-corrected chi connectivity index (χ2v) is 11.0. The molecule has 0 bridgehead atoms. The molecule has 0 radical (unpaired) electrons. The minimum absolute atomic E-state index is 0.359. The van der Waals surface area contributed by atoms with Gasteiger partial charge in [0.25, 0.3) is 0 Å². The van der Waals surface area contributed by atoms with Crippen LogP contribution in [0.25, 0.3) is 0 Å². The van der Waals surface area contributed by atoms with Gasteiger partial charge in [-0.1, -0.05) is 0 Å². The van der Waals surface area contributed by atoms with Crippen LogP contribution in [0.2, 0.25) is 0 Å². The zero-order chi connectivity index (χ0) is 26.1. The lowest BCUT2D eigenvalue weighted by atomic mass is 9.86. The molecular weight excluding hydrogens is 536 g/mol. The summed E-state index contributed by atoms with van der Waals surface area (Å²) in [6.07, 6.45) is -6.55. The Morgan fingerprint density at radius 1 is 1.03 bits per heavy atom. The van der Waals surface area contributed by atoms with Gasteiger partial charge in [-0.2, -0.15) is 30.0 Å². The number of carboxylic acids is 1. The highest BCUT2D eigenvalue weighted by molar-refractivity contribution is 7.83. The van der Waals surface area contributed by atoms with Crippen molar-refractivity contribution in [3.05, 3.63) is 0 Å². The van der Waals surface area contributed by atoms with Crippen LogP contribution in [0.5, 0.6) is 0 Å². The molecule has 0 saturated carbocycles. The Bertz CT molecular complexity index is 1050. The van der Waals surface area contributed by atoms with Crippen LogP contribution in [0, 0.1) is 11.8 Å². The molecule has 2 saturated heterocycles. The van der Waals surface area contributed by atoms with Crippen LogP contribution in [0.3, 0.4) is 0 Å². The van der Waals surface area contributed by atoms with Gasteiger partial charge in [0.05, 0.1) is 43.5 Å². The lowest BCUT2D eigenvalue weighted by Gasteiger charge is -2.45. The van der Waals surface area contributed by atoms with Crippen molar-refractivity contribution in [2.24, 2.45) is 11.8 Å². The fourth-order valence-corrected chi connectivity index (χ4v) is 5.29. The van der Waals surface area contributed by atoms with Gasteiger partial charge in [-0.15, -0.1) is 0 Å². The zero-order valence-corrected chi connectivity index (χ0v) is 19.5. The van der Waals surface area contributed by atoms with Gasteiger partial charge in [0.1, 0.15) is 6.10 Å². The molecular formula is C13H24N2O16S3. The van der Waals surface area contributed by atoms with Crippen molar-refractivity contribution in [3.8, 4) is 0 Å². The van der Waals surface area contributed by atoms with Crippen molar-refractivity contribution >= 4 is 37.1 Å². The Hall–Kier alpha value is -1.08. The third-order valence-electron chi connectivity index (χ3n) is 5.19. The average Bonchev–Trinajstić information content (AvgIpc) is 2.63. The molecule has 200 valence electrons. The number of piperidine rings is 1. The Morgan fingerprint density at radius 3 is 2.15 bits per heavy atom. The second kappa shape index (κ2) is 10.9. The van der Waals surface area contributed by atoms with E-state index in [-0.39, 0.29) is 6.54 Å². The number of carbonyl (C=O) groups is 1. The first-order chi connectivity index (χ1) is 15.4. The summed E-state index contributed by atoms with van der Waals surface area (Å²) in [5, 5.41) is 29.2. The van der Waals surface area contributed by atoms with Crippen LogP contribution in [-0.2, 0) is 49.0 Å². The van der Waals surface area contributed by atoms with E-state index in [1.807, 2.05) is 0 Å². The standard InChI is InChI=1S/C13H24N2O16S3/c16-9-3-15(2-7(11(9)17)13(18)19)1-6-10(5-30-33(23,24)25)29-4-8(14-32(20,21)22)12(6)31-34(26,27)28/h6-12,14,16-17H,1-5H2,(H,18,19)(H,20,21,22)(H,23,24,25)(H,26,27,28)/t6-,7?,8?,9+,10?,11-,12-/m0/s1. The van der Waals surface area contributed by atoms with Gasteiger partial charge in [0.2, 0.25) is 0 Å². The number of aliphatic carboxylic acids is 1. The van der Waals surface area contributed by atoms with Crippen molar-refractivity contribution in [2.75, 3.05) is 32.8 Å². The van der Waals surface area contributed by atoms with E-state index in [1.165, 1.54) is 4.90 Å². The second-order valence-electron chi connectivity index (χ2n) is 7.66. The van der Waals surface area contributed by atoms with Gasteiger partial charge in [-0.05, 0) is 0 Å². The molecule has 0 amide bonds. The molecule has 2 heterocycles. The van der Waals surface area contributed by atoms with Crippen LogP contribution in [0.15, 0.2) is 0 Å². The first-order valence-corrected chi connectivity index (χ1v) is 13.5. The third-order valence-corrected chi connectivity index (χ3v) is 6.69. The predicted molar refractivity (Wildman–Crippen MR) is 105 cm³/mol. The molecule has 0 aromatic heterocycles. The maximum atomic E-state index is 11.4. The number of β-amino-alcohol motifs (C(OH)–C–C–N with tert-alkyl or cyclic N) is 1. The monoisotopic (exact) mass is 560 g/mol. The number of likely N-dealkylation sites (tertiary alicyclic amines) is 1. The average molecular weight is 561 g/mol. The van der Waals surface area contributed by atoms with Crippen LogP contribution in [0.1, 0.15) is 0 Å². The van der Waals surface area contributed by atoms with Crippen molar-refractivity contribution in [1.29, 1.82) is 0 Å².